The highest BCUT2D eigenvalue weighted by atomic mass is 16.5. The highest BCUT2D eigenvalue weighted by molar-refractivity contribution is 5.97. The van der Waals surface area contributed by atoms with Crippen LogP contribution < -0.4 is 0 Å². The fraction of sp³-hybridized carbons (Fsp3) is 0.333. The minimum atomic E-state index is -0.494. The predicted molar refractivity (Wildman–Crippen MR) is 85.2 cm³/mol. The monoisotopic (exact) mass is 316 g/mol. The van der Waals surface area contributed by atoms with Gasteiger partial charge in [0.1, 0.15) is 5.76 Å². The Labute approximate surface area is 135 Å². The number of furan rings is 1. The number of hydrogen-bond acceptors (Lipinski definition) is 5. The first-order chi connectivity index (χ1) is 10.9. The Balaban J connectivity index is 2.44. The molecular weight excluding hydrogens is 296 g/mol. The number of hydrogen-bond donors (Lipinski definition) is 0. The normalized spacial score (nSPS) is 10.9. The molecule has 0 radical (unpaired) electrons. The van der Waals surface area contributed by atoms with Crippen LogP contribution in [0.3, 0.4) is 0 Å². The molecule has 122 valence electrons. The van der Waals surface area contributed by atoms with Crippen molar-refractivity contribution in [1.29, 1.82) is 0 Å². The van der Waals surface area contributed by atoms with Crippen molar-refractivity contribution >= 4 is 11.9 Å². The lowest BCUT2D eigenvalue weighted by Crippen LogP contribution is -2.15. The van der Waals surface area contributed by atoms with Crippen LogP contribution in [0.25, 0.3) is 11.3 Å². The van der Waals surface area contributed by atoms with Crippen molar-refractivity contribution in [1.82, 2.24) is 0 Å². The Morgan fingerprint density at radius 3 is 1.83 bits per heavy atom. The molecule has 2 rings (SSSR count). The van der Waals surface area contributed by atoms with E-state index < -0.39 is 11.9 Å². The molecule has 0 saturated carbocycles. The van der Waals surface area contributed by atoms with E-state index in [2.05, 4.69) is 0 Å². The molecule has 1 aromatic heterocycles. The molecule has 1 aromatic carbocycles. The molecule has 0 saturated heterocycles. The summed E-state index contributed by atoms with van der Waals surface area (Å²) in [5.41, 5.74) is 1.18. The molecule has 0 atom stereocenters. The van der Waals surface area contributed by atoms with Crippen LogP contribution in [-0.4, -0.2) is 24.1 Å². The topological polar surface area (TPSA) is 65.7 Å². The summed E-state index contributed by atoms with van der Waals surface area (Å²) in [5.74, 6) is -0.429. The maximum Gasteiger partial charge on any atom is 0.338 e. The van der Waals surface area contributed by atoms with Gasteiger partial charge >= 0.3 is 11.9 Å². The molecule has 1 heterocycles. The first kappa shape index (κ1) is 16.8. The molecule has 0 spiro atoms. The van der Waals surface area contributed by atoms with Crippen molar-refractivity contribution in [3.8, 4) is 11.3 Å². The summed E-state index contributed by atoms with van der Waals surface area (Å²) >= 11 is 0. The van der Waals surface area contributed by atoms with E-state index >= 15 is 0 Å². The lowest BCUT2D eigenvalue weighted by Gasteiger charge is -2.12. The van der Waals surface area contributed by atoms with E-state index in [1.807, 2.05) is 0 Å². The Bertz CT molecular complexity index is 643. The number of carbonyl (C=O) groups excluding carboxylic acids is 2. The van der Waals surface area contributed by atoms with Gasteiger partial charge in [-0.2, -0.15) is 0 Å². The van der Waals surface area contributed by atoms with Crippen LogP contribution >= 0.6 is 0 Å². The van der Waals surface area contributed by atoms with Gasteiger partial charge in [-0.3, -0.25) is 0 Å². The van der Waals surface area contributed by atoms with Gasteiger partial charge < -0.3 is 13.9 Å². The zero-order valence-corrected chi connectivity index (χ0v) is 13.7. The van der Waals surface area contributed by atoms with Crippen LogP contribution in [0.4, 0.5) is 0 Å². The summed E-state index contributed by atoms with van der Waals surface area (Å²) in [6, 6.07) is 8.23. The molecule has 0 amide bonds. The predicted octanol–water partition coefficient (Wildman–Crippen LogP) is 4.08. The highest BCUT2D eigenvalue weighted by Crippen LogP contribution is 2.24. The summed E-state index contributed by atoms with van der Waals surface area (Å²) in [6.45, 7) is 7.06. The molecule has 0 bridgehead atoms. The zero-order valence-electron chi connectivity index (χ0n) is 13.7. The SMILES string of the molecule is CC(C)OC(=O)c1cc(C(=O)OC(C)C)cc(-c2ccco2)c1. The molecular formula is C18H20O5. The molecule has 0 unspecified atom stereocenters. The second-order valence-corrected chi connectivity index (χ2v) is 5.68. The average Bonchev–Trinajstić information content (AvgIpc) is 2.99. The van der Waals surface area contributed by atoms with E-state index in [1.54, 1.807) is 52.0 Å². The number of esters is 2. The quantitative estimate of drug-likeness (QED) is 0.778. The minimum absolute atomic E-state index is 0.249. The third kappa shape index (κ3) is 4.45. The van der Waals surface area contributed by atoms with Crippen molar-refractivity contribution in [2.75, 3.05) is 0 Å². The first-order valence-corrected chi connectivity index (χ1v) is 7.47. The lowest BCUT2D eigenvalue weighted by atomic mass is 10.0. The van der Waals surface area contributed by atoms with Crippen LogP contribution in [0.5, 0.6) is 0 Å². The fourth-order valence-electron chi connectivity index (χ4n) is 2.01. The van der Waals surface area contributed by atoms with Gasteiger partial charge in [0.2, 0.25) is 0 Å². The van der Waals surface area contributed by atoms with Gasteiger partial charge in [0.05, 0.1) is 29.6 Å². The molecule has 0 N–H and O–H groups in total. The van der Waals surface area contributed by atoms with E-state index in [0.717, 1.165) is 0 Å². The summed E-state index contributed by atoms with van der Waals surface area (Å²) in [7, 11) is 0. The van der Waals surface area contributed by atoms with Crippen LogP contribution in [0, 0.1) is 0 Å². The zero-order chi connectivity index (χ0) is 17.0. The summed E-state index contributed by atoms with van der Waals surface area (Å²) in [4.78, 5) is 24.3. The molecule has 0 aliphatic rings. The summed E-state index contributed by atoms with van der Waals surface area (Å²) in [6.07, 6.45) is 1.03. The fourth-order valence-corrected chi connectivity index (χ4v) is 2.01. The second-order valence-electron chi connectivity index (χ2n) is 5.68. The molecule has 5 heteroatoms. The van der Waals surface area contributed by atoms with Crippen molar-refractivity contribution in [3.63, 3.8) is 0 Å². The van der Waals surface area contributed by atoms with Crippen LogP contribution in [0.1, 0.15) is 48.4 Å². The Morgan fingerprint density at radius 2 is 1.43 bits per heavy atom. The molecule has 0 aliphatic carbocycles. The number of rotatable bonds is 5. The number of ether oxygens (including phenoxy) is 2. The van der Waals surface area contributed by atoms with E-state index in [-0.39, 0.29) is 23.3 Å². The van der Waals surface area contributed by atoms with E-state index in [9.17, 15) is 9.59 Å². The molecule has 2 aromatic rings. The standard InChI is InChI=1S/C18H20O5/c1-11(2)22-17(19)14-8-13(16-6-5-7-21-16)9-15(10-14)18(20)23-12(3)4/h5-12H,1-4H3. The van der Waals surface area contributed by atoms with Crippen LogP contribution in [-0.2, 0) is 9.47 Å². The third-order valence-electron chi connectivity index (χ3n) is 2.90. The Kier molecular flexibility index (Phi) is 5.21. The maximum atomic E-state index is 12.2. The van der Waals surface area contributed by atoms with Gasteiger partial charge in [-0.1, -0.05) is 0 Å². The van der Waals surface area contributed by atoms with Crippen molar-refractivity contribution in [2.45, 2.75) is 39.9 Å². The largest absolute Gasteiger partial charge is 0.464 e. The lowest BCUT2D eigenvalue weighted by molar-refractivity contribution is 0.0378. The van der Waals surface area contributed by atoms with E-state index in [1.165, 1.54) is 12.3 Å². The van der Waals surface area contributed by atoms with Gasteiger partial charge in [0, 0.05) is 5.56 Å². The van der Waals surface area contributed by atoms with Gasteiger partial charge in [-0.05, 0) is 58.0 Å². The van der Waals surface area contributed by atoms with Crippen molar-refractivity contribution < 1.29 is 23.5 Å². The van der Waals surface area contributed by atoms with E-state index in [0.29, 0.717) is 11.3 Å². The van der Waals surface area contributed by atoms with Crippen molar-refractivity contribution in [3.05, 3.63) is 47.7 Å². The first-order valence-electron chi connectivity index (χ1n) is 7.47. The molecule has 0 aliphatic heterocycles. The second kappa shape index (κ2) is 7.13. The van der Waals surface area contributed by atoms with Gasteiger partial charge in [-0.25, -0.2) is 9.59 Å². The smallest absolute Gasteiger partial charge is 0.338 e. The molecule has 5 nitrogen and oxygen atoms in total. The molecule has 23 heavy (non-hydrogen) atoms. The summed E-state index contributed by atoms with van der Waals surface area (Å²) in [5, 5.41) is 0. The Morgan fingerprint density at radius 1 is 0.913 bits per heavy atom. The third-order valence-corrected chi connectivity index (χ3v) is 2.90. The number of benzene rings is 1. The summed E-state index contributed by atoms with van der Waals surface area (Å²) < 4.78 is 15.8. The molecule has 0 fully saturated rings. The van der Waals surface area contributed by atoms with Crippen LogP contribution in [0.2, 0.25) is 0 Å². The van der Waals surface area contributed by atoms with Gasteiger partial charge in [0.25, 0.3) is 0 Å². The van der Waals surface area contributed by atoms with E-state index in [4.69, 9.17) is 13.9 Å². The van der Waals surface area contributed by atoms with Crippen molar-refractivity contribution in [2.24, 2.45) is 0 Å². The van der Waals surface area contributed by atoms with Gasteiger partial charge in [-0.15, -0.1) is 0 Å². The number of carbonyl (C=O) groups is 2. The van der Waals surface area contributed by atoms with Crippen LogP contribution in [0.15, 0.2) is 41.0 Å². The highest BCUT2D eigenvalue weighted by Gasteiger charge is 2.18. The minimum Gasteiger partial charge on any atom is -0.464 e. The average molecular weight is 316 g/mol. The maximum absolute atomic E-state index is 12.2. The Hall–Kier alpha value is -2.56. The van der Waals surface area contributed by atoms with Gasteiger partial charge in [0.15, 0.2) is 0 Å².